The SMILES string of the molecule is CC(C)(C)OC(=O)N1CCC(C2CCN(c3ccncc3NCc3ccc4nccnc4c3)CC2)CC1. The molecule has 4 heterocycles. The molecular formula is C29H38N6O2. The number of piperidine rings is 2. The van der Waals surface area contributed by atoms with Crippen LogP contribution in [0.1, 0.15) is 52.0 Å². The summed E-state index contributed by atoms with van der Waals surface area (Å²) in [4.78, 5) is 29.9. The lowest BCUT2D eigenvalue weighted by atomic mass is 9.79. The molecule has 0 unspecified atom stereocenters. The fraction of sp³-hybridized carbons (Fsp3) is 0.517. The summed E-state index contributed by atoms with van der Waals surface area (Å²) in [5, 5.41) is 3.60. The van der Waals surface area contributed by atoms with Gasteiger partial charge in [0.15, 0.2) is 0 Å². The van der Waals surface area contributed by atoms with Gasteiger partial charge in [0.1, 0.15) is 5.60 Å². The Bertz CT molecular complexity index is 1210. The van der Waals surface area contributed by atoms with E-state index in [2.05, 4.69) is 43.4 Å². The maximum absolute atomic E-state index is 12.4. The minimum Gasteiger partial charge on any atom is -0.444 e. The molecule has 0 bridgehead atoms. The molecule has 2 saturated heterocycles. The monoisotopic (exact) mass is 502 g/mol. The molecule has 0 radical (unpaired) electrons. The average Bonchev–Trinajstić information content (AvgIpc) is 2.91. The molecule has 2 aliphatic heterocycles. The van der Waals surface area contributed by atoms with Crippen LogP contribution in [0.15, 0.2) is 49.1 Å². The first-order valence-electron chi connectivity index (χ1n) is 13.5. The van der Waals surface area contributed by atoms with E-state index in [-0.39, 0.29) is 6.09 Å². The van der Waals surface area contributed by atoms with Crippen LogP contribution < -0.4 is 10.2 Å². The molecule has 3 aromatic rings. The van der Waals surface area contributed by atoms with Gasteiger partial charge in [0.05, 0.1) is 28.6 Å². The third-order valence-corrected chi connectivity index (χ3v) is 7.55. The number of carbonyl (C=O) groups excluding carboxylic acids is 1. The molecule has 0 atom stereocenters. The molecule has 2 fully saturated rings. The predicted octanol–water partition coefficient (Wildman–Crippen LogP) is 5.50. The van der Waals surface area contributed by atoms with Crippen LogP contribution in [-0.2, 0) is 11.3 Å². The standard InChI is InChI=1S/C29H38N6O2/c1-29(2,3)37-28(36)35-16-9-23(10-17-35)22-7-14-34(15-8-22)27-6-11-30-20-26(27)33-19-21-4-5-24-25(18-21)32-13-12-31-24/h4-6,11-13,18,20,22-23,33H,7-10,14-17,19H2,1-3H3. The maximum atomic E-state index is 12.4. The third-order valence-electron chi connectivity index (χ3n) is 7.55. The van der Waals surface area contributed by atoms with E-state index in [1.54, 1.807) is 12.4 Å². The Morgan fingerprint density at radius 2 is 1.62 bits per heavy atom. The number of anilines is 2. The van der Waals surface area contributed by atoms with Gasteiger partial charge in [0.25, 0.3) is 0 Å². The Hall–Kier alpha value is -3.42. The molecule has 8 heteroatoms. The molecule has 196 valence electrons. The highest BCUT2D eigenvalue weighted by molar-refractivity contribution is 5.75. The summed E-state index contributed by atoms with van der Waals surface area (Å²) in [7, 11) is 0. The van der Waals surface area contributed by atoms with Crippen LogP contribution in [-0.4, -0.2) is 57.7 Å². The zero-order valence-electron chi connectivity index (χ0n) is 22.2. The number of pyridine rings is 1. The quantitative estimate of drug-likeness (QED) is 0.493. The number of ether oxygens (including phenoxy) is 1. The van der Waals surface area contributed by atoms with Crippen LogP contribution in [0.5, 0.6) is 0 Å². The van der Waals surface area contributed by atoms with E-state index in [0.29, 0.717) is 18.4 Å². The first-order chi connectivity index (χ1) is 17.9. The summed E-state index contributed by atoms with van der Waals surface area (Å²) < 4.78 is 5.56. The Kier molecular flexibility index (Phi) is 7.44. The van der Waals surface area contributed by atoms with Crippen molar-refractivity contribution in [2.24, 2.45) is 11.8 Å². The van der Waals surface area contributed by atoms with E-state index in [0.717, 1.165) is 55.7 Å². The first kappa shape index (κ1) is 25.2. The minimum atomic E-state index is -0.439. The number of hydrogen-bond donors (Lipinski definition) is 1. The highest BCUT2D eigenvalue weighted by atomic mass is 16.6. The molecular weight excluding hydrogens is 464 g/mol. The second kappa shape index (κ2) is 10.9. The molecule has 0 aliphatic carbocycles. The molecule has 0 saturated carbocycles. The normalized spacial score (nSPS) is 17.7. The van der Waals surface area contributed by atoms with Crippen LogP contribution >= 0.6 is 0 Å². The Morgan fingerprint density at radius 3 is 2.32 bits per heavy atom. The summed E-state index contributed by atoms with van der Waals surface area (Å²) in [6.07, 6.45) is 11.6. The lowest BCUT2D eigenvalue weighted by Crippen LogP contribution is -2.44. The highest BCUT2D eigenvalue weighted by Crippen LogP contribution is 2.36. The summed E-state index contributed by atoms with van der Waals surface area (Å²) in [5.41, 5.74) is 4.82. The predicted molar refractivity (Wildman–Crippen MR) is 147 cm³/mol. The van der Waals surface area contributed by atoms with E-state index in [1.807, 2.05) is 44.1 Å². The number of benzene rings is 1. The number of nitrogens with one attached hydrogen (secondary N) is 1. The minimum absolute atomic E-state index is 0.171. The lowest BCUT2D eigenvalue weighted by molar-refractivity contribution is 0.0152. The van der Waals surface area contributed by atoms with Gasteiger partial charge >= 0.3 is 6.09 Å². The third kappa shape index (κ3) is 6.29. The second-order valence-corrected chi connectivity index (χ2v) is 11.3. The van der Waals surface area contributed by atoms with Crippen LogP contribution in [0.4, 0.5) is 16.2 Å². The number of nitrogens with zero attached hydrogens (tertiary/aromatic N) is 5. The zero-order valence-corrected chi connectivity index (χ0v) is 22.2. The van der Waals surface area contributed by atoms with Crippen molar-refractivity contribution < 1.29 is 9.53 Å². The smallest absolute Gasteiger partial charge is 0.410 e. The van der Waals surface area contributed by atoms with Gasteiger partial charge in [-0.1, -0.05) is 6.07 Å². The molecule has 8 nitrogen and oxygen atoms in total. The van der Waals surface area contributed by atoms with Gasteiger partial charge in [-0.3, -0.25) is 15.0 Å². The Morgan fingerprint density at radius 1 is 0.946 bits per heavy atom. The molecule has 0 spiro atoms. The van der Waals surface area contributed by atoms with Crippen molar-refractivity contribution in [1.82, 2.24) is 19.9 Å². The van der Waals surface area contributed by atoms with Gasteiger partial charge < -0.3 is 19.9 Å². The number of hydrogen-bond acceptors (Lipinski definition) is 7. The van der Waals surface area contributed by atoms with Crippen molar-refractivity contribution in [1.29, 1.82) is 0 Å². The summed E-state index contributed by atoms with van der Waals surface area (Å²) >= 11 is 0. The number of rotatable bonds is 5. The van der Waals surface area contributed by atoms with Crippen molar-refractivity contribution in [2.75, 3.05) is 36.4 Å². The van der Waals surface area contributed by atoms with Gasteiger partial charge in [-0.05, 0) is 82.1 Å². The fourth-order valence-corrected chi connectivity index (χ4v) is 5.61. The van der Waals surface area contributed by atoms with E-state index in [4.69, 9.17) is 4.74 Å². The van der Waals surface area contributed by atoms with Gasteiger partial charge in [-0.15, -0.1) is 0 Å². The summed E-state index contributed by atoms with van der Waals surface area (Å²) in [5.74, 6) is 1.40. The summed E-state index contributed by atoms with van der Waals surface area (Å²) in [6.45, 7) is 10.2. The number of amides is 1. The van der Waals surface area contributed by atoms with Crippen molar-refractivity contribution in [3.63, 3.8) is 0 Å². The molecule has 1 N–H and O–H groups in total. The van der Waals surface area contributed by atoms with Crippen molar-refractivity contribution in [2.45, 2.75) is 58.6 Å². The largest absolute Gasteiger partial charge is 0.444 e. The maximum Gasteiger partial charge on any atom is 0.410 e. The molecule has 2 aliphatic rings. The zero-order chi connectivity index (χ0) is 25.8. The first-order valence-corrected chi connectivity index (χ1v) is 13.5. The van der Waals surface area contributed by atoms with Crippen LogP contribution in [0.3, 0.4) is 0 Å². The van der Waals surface area contributed by atoms with Gasteiger partial charge in [0, 0.05) is 51.3 Å². The topological polar surface area (TPSA) is 83.5 Å². The van der Waals surface area contributed by atoms with E-state index >= 15 is 0 Å². The van der Waals surface area contributed by atoms with Crippen LogP contribution in [0.2, 0.25) is 0 Å². The van der Waals surface area contributed by atoms with Crippen molar-refractivity contribution in [3.05, 3.63) is 54.6 Å². The van der Waals surface area contributed by atoms with Gasteiger partial charge in [-0.25, -0.2) is 4.79 Å². The molecule has 1 amide bonds. The van der Waals surface area contributed by atoms with Gasteiger partial charge in [0.2, 0.25) is 0 Å². The second-order valence-electron chi connectivity index (χ2n) is 11.3. The molecule has 2 aromatic heterocycles. The Balaban J connectivity index is 1.14. The summed E-state index contributed by atoms with van der Waals surface area (Å²) in [6, 6.07) is 8.32. The van der Waals surface area contributed by atoms with E-state index in [9.17, 15) is 4.79 Å². The van der Waals surface area contributed by atoms with Gasteiger partial charge in [-0.2, -0.15) is 0 Å². The Labute approximate surface area is 219 Å². The highest BCUT2D eigenvalue weighted by Gasteiger charge is 2.32. The molecule has 5 rings (SSSR count). The lowest BCUT2D eigenvalue weighted by Gasteiger charge is -2.41. The average molecular weight is 503 g/mol. The van der Waals surface area contributed by atoms with Crippen molar-refractivity contribution >= 4 is 28.5 Å². The number of fused-ring (bicyclic) bond motifs is 1. The number of likely N-dealkylation sites (tertiary alicyclic amines) is 1. The number of carbonyl (C=O) groups is 1. The van der Waals surface area contributed by atoms with Crippen LogP contribution in [0.25, 0.3) is 11.0 Å². The van der Waals surface area contributed by atoms with E-state index < -0.39 is 5.60 Å². The number of aromatic nitrogens is 3. The van der Waals surface area contributed by atoms with Crippen molar-refractivity contribution in [3.8, 4) is 0 Å². The fourth-order valence-electron chi connectivity index (χ4n) is 5.61. The van der Waals surface area contributed by atoms with E-state index in [1.165, 1.54) is 24.1 Å². The molecule has 1 aromatic carbocycles. The molecule has 37 heavy (non-hydrogen) atoms. The van der Waals surface area contributed by atoms with Crippen LogP contribution in [0, 0.1) is 11.8 Å².